The van der Waals surface area contributed by atoms with Gasteiger partial charge in [-0.25, -0.2) is 4.79 Å². The predicted molar refractivity (Wildman–Crippen MR) is 60.0 cm³/mol. The number of carbonyl (C=O) groups excluding carboxylic acids is 1. The molecule has 2 aliphatic rings. The zero-order chi connectivity index (χ0) is 11.9. The number of aliphatic hydroxyl groups is 1. The summed E-state index contributed by atoms with van der Waals surface area (Å²) in [6.45, 7) is 7.13. The van der Waals surface area contributed by atoms with Crippen LogP contribution in [0.2, 0.25) is 0 Å². The molecule has 92 valence electrons. The Balaban J connectivity index is 1.88. The number of ether oxygens (including phenoxy) is 1. The Morgan fingerprint density at radius 1 is 1.25 bits per heavy atom. The number of amides is 1. The molecule has 0 aromatic carbocycles. The SMILES string of the molecule is CC(C)(C)OC(=O)N1C[C@H]2C[C@@H](O)C[C@H]2C1. The summed E-state index contributed by atoms with van der Waals surface area (Å²) >= 11 is 0. The molecule has 3 atom stereocenters. The second kappa shape index (κ2) is 3.91. The van der Waals surface area contributed by atoms with E-state index in [0.717, 1.165) is 25.9 Å². The summed E-state index contributed by atoms with van der Waals surface area (Å²) in [5, 5.41) is 9.51. The first-order chi connectivity index (χ1) is 7.35. The lowest BCUT2D eigenvalue weighted by atomic mass is 10.0. The van der Waals surface area contributed by atoms with Gasteiger partial charge in [0.25, 0.3) is 0 Å². The normalized spacial score (nSPS) is 34.0. The van der Waals surface area contributed by atoms with E-state index in [1.807, 2.05) is 20.8 Å². The zero-order valence-electron chi connectivity index (χ0n) is 10.3. The van der Waals surface area contributed by atoms with Gasteiger partial charge in [0, 0.05) is 13.1 Å². The molecule has 0 spiro atoms. The minimum atomic E-state index is -0.422. The van der Waals surface area contributed by atoms with Crippen molar-refractivity contribution in [1.29, 1.82) is 0 Å². The summed E-state index contributed by atoms with van der Waals surface area (Å²) in [5.74, 6) is 0.949. The van der Waals surface area contributed by atoms with Crippen LogP contribution in [0.5, 0.6) is 0 Å². The molecule has 1 amide bonds. The third kappa shape index (κ3) is 2.48. The molecule has 1 aliphatic carbocycles. The highest BCUT2D eigenvalue weighted by atomic mass is 16.6. The van der Waals surface area contributed by atoms with Gasteiger partial charge < -0.3 is 14.7 Å². The summed E-state index contributed by atoms with van der Waals surface area (Å²) in [5.41, 5.74) is -0.422. The molecule has 0 aromatic rings. The summed E-state index contributed by atoms with van der Waals surface area (Å²) in [6.07, 6.45) is 1.31. The zero-order valence-corrected chi connectivity index (χ0v) is 10.3. The highest BCUT2D eigenvalue weighted by Crippen LogP contribution is 2.38. The minimum absolute atomic E-state index is 0.157. The Morgan fingerprint density at radius 3 is 2.19 bits per heavy atom. The van der Waals surface area contributed by atoms with E-state index < -0.39 is 5.60 Å². The molecule has 0 aromatic heterocycles. The van der Waals surface area contributed by atoms with Crippen LogP contribution in [0.1, 0.15) is 33.6 Å². The second-order valence-electron chi connectivity index (χ2n) is 6.03. The third-order valence-corrected chi connectivity index (χ3v) is 3.38. The first-order valence-corrected chi connectivity index (χ1v) is 6.01. The van der Waals surface area contributed by atoms with Crippen LogP contribution in [0.4, 0.5) is 4.79 Å². The monoisotopic (exact) mass is 227 g/mol. The average Bonchev–Trinajstić information content (AvgIpc) is 2.56. The topological polar surface area (TPSA) is 49.8 Å². The molecule has 1 N–H and O–H groups in total. The highest BCUT2D eigenvalue weighted by molar-refractivity contribution is 5.68. The van der Waals surface area contributed by atoms with E-state index in [1.165, 1.54) is 0 Å². The maximum atomic E-state index is 11.8. The van der Waals surface area contributed by atoms with Crippen LogP contribution in [-0.2, 0) is 4.74 Å². The van der Waals surface area contributed by atoms with Gasteiger partial charge in [0.05, 0.1) is 6.10 Å². The fourth-order valence-corrected chi connectivity index (χ4v) is 2.74. The largest absolute Gasteiger partial charge is 0.444 e. The Labute approximate surface area is 96.6 Å². The lowest BCUT2D eigenvalue weighted by molar-refractivity contribution is 0.0269. The molecular formula is C12H21NO3. The van der Waals surface area contributed by atoms with Gasteiger partial charge in [0.1, 0.15) is 5.60 Å². The van der Waals surface area contributed by atoms with Crippen LogP contribution < -0.4 is 0 Å². The highest BCUT2D eigenvalue weighted by Gasteiger charge is 2.42. The predicted octanol–water partition coefficient (Wildman–Crippen LogP) is 1.62. The quantitative estimate of drug-likeness (QED) is 0.684. The van der Waals surface area contributed by atoms with Gasteiger partial charge in [0.2, 0.25) is 0 Å². The molecule has 2 fully saturated rings. The number of rotatable bonds is 0. The van der Waals surface area contributed by atoms with Crippen LogP contribution in [0, 0.1) is 11.8 Å². The van der Waals surface area contributed by atoms with Gasteiger partial charge >= 0.3 is 6.09 Å². The molecular weight excluding hydrogens is 206 g/mol. The number of fused-ring (bicyclic) bond motifs is 1. The maximum absolute atomic E-state index is 11.8. The first-order valence-electron chi connectivity index (χ1n) is 6.01. The molecule has 1 saturated carbocycles. The number of hydrogen-bond acceptors (Lipinski definition) is 3. The van der Waals surface area contributed by atoms with E-state index >= 15 is 0 Å². The molecule has 0 bridgehead atoms. The van der Waals surface area contributed by atoms with Gasteiger partial charge in [-0.05, 0) is 45.4 Å². The third-order valence-electron chi connectivity index (χ3n) is 3.38. The number of hydrogen-bond donors (Lipinski definition) is 1. The summed E-state index contributed by atoms with van der Waals surface area (Å²) in [6, 6.07) is 0. The smallest absolute Gasteiger partial charge is 0.410 e. The van der Waals surface area contributed by atoms with Crippen molar-refractivity contribution in [2.75, 3.05) is 13.1 Å². The maximum Gasteiger partial charge on any atom is 0.410 e. The first kappa shape index (κ1) is 11.7. The van der Waals surface area contributed by atoms with E-state index in [0.29, 0.717) is 11.8 Å². The van der Waals surface area contributed by atoms with E-state index in [-0.39, 0.29) is 12.2 Å². The van der Waals surface area contributed by atoms with Crippen LogP contribution in [0.3, 0.4) is 0 Å². The fourth-order valence-electron chi connectivity index (χ4n) is 2.74. The second-order valence-corrected chi connectivity index (χ2v) is 6.03. The number of nitrogens with zero attached hydrogens (tertiary/aromatic N) is 1. The fraction of sp³-hybridized carbons (Fsp3) is 0.917. The molecule has 0 unspecified atom stereocenters. The summed E-state index contributed by atoms with van der Waals surface area (Å²) < 4.78 is 5.34. The molecule has 1 heterocycles. The molecule has 2 rings (SSSR count). The van der Waals surface area contributed by atoms with E-state index in [9.17, 15) is 9.90 Å². The van der Waals surface area contributed by atoms with Crippen molar-refractivity contribution in [3.05, 3.63) is 0 Å². The summed E-state index contributed by atoms with van der Waals surface area (Å²) in [7, 11) is 0. The van der Waals surface area contributed by atoms with Gasteiger partial charge in [-0.2, -0.15) is 0 Å². The molecule has 1 saturated heterocycles. The van der Waals surface area contributed by atoms with Crippen LogP contribution in [-0.4, -0.2) is 40.9 Å². The lowest BCUT2D eigenvalue weighted by Crippen LogP contribution is -2.36. The van der Waals surface area contributed by atoms with Crippen LogP contribution in [0.25, 0.3) is 0 Å². The van der Waals surface area contributed by atoms with Crippen LogP contribution >= 0.6 is 0 Å². The van der Waals surface area contributed by atoms with Crippen molar-refractivity contribution in [2.45, 2.75) is 45.3 Å². The Kier molecular flexibility index (Phi) is 2.86. The number of likely N-dealkylation sites (tertiary alicyclic amines) is 1. The van der Waals surface area contributed by atoms with Crippen LogP contribution in [0.15, 0.2) is 0 Å². The molecule has 4 heteroatoms. The van der Waals surface area contributed by atoms with Gasteiger partial charge in [0.15, 0.2) is 0 Å². The molecule has 4 nitrogen and oxygen atoms in total. The van der Waals surface area contributed by atoms with Gasteiger partial charge in [-0.15, -0.1) is 0 Å². The van der Waals surface area contributed by atoms with Gasteiger partial charge in [-0.1, -0.05) is 0 Å². The van der Waals surface area contributed by atoms with E-state index in [1.54, 1.807) is 4.90 Å². The lowest BCUT2D eigenvalue weighted by Gasteiger charge is -2.25. The summed E-state index contributed by atoms with van der Waals surface area (Å²) in [4.78, 5) is 13.6. The van der Waals surface area contributed by atoms with Gasteiger partial charge in [-0.3, -0.25) is 0 Å². The number of aliphatic hydroxyl groups excluding tert-OH is 1. The minimum Gasteiger partial charge on any atom is -0.444 e. The van der Waals surface area contributed by atoms with E-state index in [4.69, 9.17) is 4.74 Å². The van der Waals surface area contributed by atoms with E-state index in [2.05, 4.69) is 0 Å². The molecule has 16 heavy (non-hydrogen) atoms. The average molecular weight is 227 g/mol. The van der Waals surface area contributed by atoms with Crippen molar-refractivity contribution in [2.24, 2.45) is 11.8 Å². The van der Waals surface area contributed by atoms with Crippen molar-refractivity contribution < 1.29 is 14.6 Å². The standard InChI is InChI=1S/C12H21NO3/c1-12(2,3)16-11(15)13-6-8-4-10(14)5-9(8)7-13/h8-10,14H,4-7H2,1-3H3/t8-,9+,10-. The van der Waals surface area contributed by atoms with Crippen molar-refractivity contribution in [3.63, 3.8) is 0 Å². The Morgan fingerprint density at radius 2 is 1.75 bits per heavy atom. The molecule has 0 radical (unpaired) electrons. The Hall–Kier alpha value is -0.770. The Bertz CT molecular complexity index is 270. The molecule has 1 aliphatic heterocycles. The van der Waals surface area contributed by atoms with Crippen molar-refractivity contribution in [3.8, 4) is 0 Å². The van der Waals surface area contributed by atoms with Crippen molar-refractivity contribution >= 4 is 6.09 Å². The number of carbonyl (C=O) groups is 1. The van der Waals surface area contributed by atoms with Crippen molar-refractivity contribution in [1.82, 2.24) is 4.90 Å².